The number of piperazine rings is 1. The summed E-state index contributed by atoms with van der Waals surface area (Å²) in [7, 11) is 0. The van der Waals surface area contributed by atoms with E-state index in [2.05, 4.69) is 41.2 Å². The lowest BCUT2D eigenvalue weighted by molar-refractivity contribution is 0.103. The second kappa shape index (κ2) is 4.93. The first-order chi connectivity index (χ1) is 7.68. The van der Waals surface area contributed by atoms with Crippen molar-refractivity contribution >= 4 is 0 Å². The fraction of sp³-hybridized carbons (Fsp3) is 0.615. The van der Waals surface area contributed by atoms with Gasteiger partial charge in [-0.1, -0.05) is 0 Å². The van der Waals surface area contributed by atoms with Gasteiger partial charge in [0.1, 0.15) is 0 Å². The van der Waals surface area contributed by atoms with E-state index in [0.29, 0.717) is 0 Å². The molecule has 1 N–H and O–H groups in total. The molecule has 16 heavy (non-hydrogen) atoms. The number of nitrogens with zero attached hydrogens (tertiary/aromatic N) is 2. The van der Waals surface area contributed by atoms with Crippen LogP contribution in [0.15, 0.2) is 24.5 Å². The van der Waals surface area contributed by atoms with Gasteiger partial charge in [0, 0.05) is 44.1 Å². The number of hydrogen-bond acceptors (Lipinski definition) is 3. The summed E-state index contributed by atoms with van der Waals surface area (Å²) in [6.07, 6.45) is 4.85. The van der Waals surface area contributed by atoms with Crippen LogP contribution in [0.1, 0.15) is 19.4 Å². The van der Waals surface area contributed by atoms with Gasteiger partial charge in [-0.2, -0.15) is 0 Å². The van der Waals surface area contributed by atoms with Crippen LogP contribution in [0.3, 0.4) is 0 Å². The summed E-state index contributed by atoms with van der Waals surface area (Å²) >= 11 is 0. The Morgan fingerprint density at radius 2 is 1.88 bits per heavy atom. The first-order valence-electron chi connectivity index (χ1n) is 6.03. The van der Waals surface area contributed by atoms with Gasteiger partial charge in [-0.15, -0.1) is 0 Å². The van der Waals surface area contributed by atoms with Gasteiger partial charge in [0.05, 0.1) is 0 Å². The predicted molar refractivity (Wildman–Crippen MR) is 66.5 cm³/mol. The fourth-order valence-corrected chi connectivity index (χ4v) is 2.38. The molecule has 1 aromatic heterocycles. The van der Waals surface area contributed by atoms with E-state index in [0.717, 1.165) is 32.6 Å². The largest absolute Gasteiger partial charge is 0.314 e. The van der Waals surface area contributed by atoms with E-state index in [9.17, 15) is 0 Å². The maximum atomic E-state index is 4.06. The van der Waals surface area contributed by atoms with Crippen LogP contribution in [0.2, 0.25) is 0 Å². The Labute approximate surface area is 97.9 Å². The highest BCUT2D eigenvalue weighted by molar-refractivity contribution is 5.13. The maximum Gasteiger partial charge on any atom is 0.0270 e. The summed E-state index contributed by atoms with van der Waals surface area (Å²) in [6.45, 7) is 9.19. The minimum atomic E-state index is 0.240. The summed E-state index contributed by atoms with van der Waals surface area (Å²) in [5, 5.41) is 3.40. The van der Waals surface area contributed by atoms with Crippen LogP contribution < -0.4 is 5.32 Å². The molecule has 0 bridgehead atoms. The number of aromatic nitrogens is 1. The van der Waals surface area contributed by atoms with Gasteiger partial charge in [0.15, 0.2) is 0 Å². The Balaban J connectivity index is 2.01. The molecule has 0 saturated carbocycles. The topological polar surface area (TPSA) is 28.2 Å². The lowest BCUT2D eigenvalue weighted by Gasteiger charge is -2.41. The average Bonchev–Trinajstić information content (AvgIpc) is 2.31. The lowest BCUT2D eigenvalue weighted by Crippen LogP contribution is -2.54. The van der Waals surface area contributed by atoms with E-state index in [-0.39, 0.29) is 5.54 Å². The average molecular weight is 219 g/mol. The quantitative estimate of drug-likeness (QED) is 0.831. The summed E-state index contributed by atoms with van der Waals surface area (Å²) < 4.78 is 0. The molecule has 3 nitrogen and oxygen atoms in total. The highest BCUT2D eigenvalue weighted by atomic mass is 15.2. The molecule has 1 fully saturated rings. The fourth-order valence-electron chi connectivity index (χ4n) is 2.38. The molecule has 2 heterocycles. The zero-order chi connectivity index (χ0) is 11.4. The van der Waals surface area contributed by atoms with Gasteiger partial charge < -0.3 is 5.32 Å². The van der Waals surface area contributed by atoms with Gasteiger partial charge in [0.25, 0.3) is 0 Å². The van der Waals surface area contributed by atoms with Crippen molar-refractivity contribution < 1.29 is 0 Å². The van der Waals surface area contributed by atoms with Crippen molar-refractivity contribution in [3.8, 4) is 0 Å². The van der Waals surface area contributed by atoms with Crippen LogP contribution in [0.4, 0.5) is 0 Å². The van der Waals surface area contributed by atoms with Gasteiger partial charge in [-0.25, -0.2) is 0 Å². The van der Waals surface area contributed by atoms with E-state index in [1.165, 1.54) is 5.56 Å². The van der Waals surface area contributed by atoms with E-state index in [1.54, 1.807) is 0 Å². The Hall–Kier alpha value is -0.930. The van der Waals surface area contributed by atoms with Crippen LogP contribution >= 0.6 is 0 Å². The molecule has 0 spiro atoms. The van der Waals surface area contributed by atoms with Gasteiger partial charge in [-0.05, 0) is 38.0 Å². The molecular weight excluding hydrogens is 198 g/mol. The summed E-state index contributed by atoms with van der Waals surface area (Å²) in [6, 6.07) is 4.23. The SMILES string of the molecule is CC(C)(Cc1ccncc1)N1CCNCC1. The monoisotopic (exact) mass is 219 g/mol. The minimum Gasteiger partial charge on any atom is -0.314 e. The van der Waals surface area contributed by atoms with Crippen LogP contribution in [-0.2, 0) is 6.42 Å². The van der Waals surface area contributed by atoms with Crippen molar-refractivity contribution in [1.82, 2.24) is 15.2 Å². The van der Waals surface area contributed by atoms with Crippen molar-refractivity contribution in [1.29, 1.82) is 0 Å². The third kappa shape index (κ3) is 2.80. The molecule has 0 amide bonds. The molecule has 0 radical (unpaired) electrons. The molecule has 0 aromatic carbocycles. The van der Waals surface area contributed by atoms with Crippen LogP contribution in [0, 0.1) is 0 Å². The van der Waals surface area contributed by atoms with E-state index in [1.807, 2.05) is 12.4 Å². The normalized spacial score (nSPS) is 18.6. The molecule has 1 aliphatic heterocycles. The standard InChI is InChI=1S/C13H21N3/c1-13(2,16-9-7-15-8-10-16)11-12-3-5-14-6-4-12/h3-6,15H,7-11H2,1-2H3. The second-order valence-electron chi connectivity index (χ2n) is 5.08. The smallest absolute Gasteiger partial charge is 0.0270 e. The molecule has 0 unspecified atom stereocenters. The van der Waals surface area contributed by atoms with Gasteiger partial charge in [0.2, 0.25) is 0 Å². The third-order valence-electron chi connectivity index (χ3n) is 3.36. The van der Waals surface area contributed by atoms with Gasteiger partial charge in [-0.3, -0.25) is 9.88 Å². The summed E-state index contributed by atoms with van der Waals surface area (Å²) in [4.78, 5) is 6.64. The Morgan fingerprint density at radius 3 is 2.50 bits per heavy atom. The number of nitrogens with one attached hydrogen (secondary N) is 1. The molecular formula is C13H21N3. The van der Waals surface area contributed by atoms with Crippen LogP contribution in [0.5, 0.6) is 0 Å². The predicted octanol–water partition coefficient (Wildman–Crippen LogP) is 1.31. The summed E-state index contributed by atoms with van der Waals surface area (Å²) in [5.74, 6) is 0. The molecule has 1 aliphatic rings. The van der Waals surface area contributed by atoms with Crippen molar-refractivity contribution in [3.63, 3.8) is 0 Å². The Bertz CT molecular complexity index is 315. The highest BCUT2D eigenvalue weighted by Crippen LogP contribution is 2.20. The van der Waals surface area contributed by atoms with Crippen molar-refractivity contribution in [2.75, 3.05) is 26.2 Å². The second-order valence-corrected chi connectivity index (χ2v) is 5.08. The number of rotatable bonds is 3. The van der Waals surface area contributed by atoms with Crippen molar-refractivity contribution in [2.45, 2.75) is 25.8 Å². The Kier molecular flexibility index (Phi) is 3.56. The van der Waals surface area contributed by atoms with E-state index >= 15 is 0 Å². The van der Waals surface area contributed by atoms with E-state index < -0.39 is 0 Å². The Morgan fingerprint density at radius 1 is 1.25 bits per heavy atom. The molecule has 88 valence electrons. The van der Waals surface area contributed by atoms with Crippen LogP contribution in [0.25, 0.3) is 0 Å². The van der Waals surface area contributed by atoms with Crippen LogP contribution in [-0.4, -0.2) is 41.6 Å². The zero-order valence-electron chi connectivity index (χ0n) is 10.2. The lowest BCUT2D eigenvalue weighted by atomic mass is 9.93. The molecule has 0 aliphatic carbocycles. The molecule has 0 atom stereocenters. The highest BCUT2D eigenvalue weighted by Gasteiger charge is 2.27. The first kappa shape index (κ1) is 11.6. The third-order valence-corrected chi connectivity index (χ3v) is 3.36. The van der Waals surface area contributed by atoms with Crippen molar-refractivity contribution in [3.05, 3.63) is 30.1 Å². The number of pyridine rings is 1. The van der Waals surface area contributed by atoms with Gasteiger partial charge >= 0.3 is 0 Å². The molecule has 1 saturated heterocycles. The molecule has 1 aromatic rings. The minimum absolute atomic E-state index is 0.240. The van der Waals surface area contributed by atoms with E-state index in [4.69, 9.17) is 0 Å². The van der Waals surface area contributed by atoms with Crippen molar-refractivity contribution in [2.24, 2.45) is 0 Å². The summed E-state index contributed by atoms with van der Waals surface area (Å²) in [5.41, 5.74) is 1.61. The molecule has 2 rings (SSSR count). The molecule has 3 heteroatoms. The zero-order valence-corrected chi connectivity index (χ0v) is 10.2. The maximum absolute atomic E-state index is 4.06. The number of hydrogen-bond donors (Lipinski definition) is 1. The first-order valence-corrected chi connectivity index (χ1v) is 6.03.